The highest BCUT2D eigenvalue weighted by atomic mass is 16.5. The van der Waals surface area contributed by atoms with Gasteiger partial charge in [0.1, 0.15) is 5.82 Å². The van der Waals surface area contributed by atoms with Gasteiger partial charge in [-0.3, -0.25) is 4.90 Å². The lowest BCUT2D eigenvalue weighted by Crippen LogP contribution is -2.58. The minimum absolute atomic E-state index is 0.452. The van der Waals surface area contributed by atoms with E-state index in [9.17, 15) is 0 Å². The van der Waals surface area contributed by atoms with Crippen LogP contribution in [0.5, 0.6) is 0 Å². The van der Waals surface area contributed by atoms with Crippen molar-refractivity contribution in [1.29, 1.82) is 0 Å². The Morgan fingerprint density at radius 3 is 2.83 bits per heavy atom. The van der Waals surface area contributed by atoms with Crippen LogP contribution < -0.4 is 4.90 Å². The minimum atomic E-state index is 0.452. The average molecular weight is 314 g/mol. The highest BCUT2D eigenvalue weighted by Crippen LogP contribution is 2.22. The van der Waals surface area contributed by atoms with E-state index in [1.807, 2.05) is 19.1 Å². The molecule has 0 aliphatic carbocycles. The molecular formula is C14H18N8O. The maximum atomic E-state index is 5.01. The van der Waals surface area contributed by atoms with Crippen LogP contribution in [0.2, 0.25) is 0 Å². The maximum absolute atomic E-state index is 5.01. The number of likely N-dealkylation sites (N-methyl/N-ethyl adjacent to an activating group) is 1. The van der Waals surface area contributed by atoms with Crippen molar-refractivity contribution in [3.05, 3.63) is 29.7 Å². The summed E-state index contributed by atoms with van der Waals surface area (Å²) in [4.78, 5) is 8.72. The topological polar surface area (TPSA) is 88.5 Å². The Morgan fingerprint density at radius 1 is 1.26 bits per heavy atom. The molecule has 0 amide bonds. The Labute approximate surface area is 132 Å². The third-order valence-corrected chi connectivity index (χ3v) is 4.17. The molecule has 4 rings (SSSR count). The number of hydrogen-bond acceptors (Lipinski definition) is 8. The molecule has 9 heteroatoms. The molecule has 0 atom stereocenters. The summed E-state index contributed by atoms with van der Waals surface area (Å²) >= 11 is 0. The number of anilines is 1. The number of rotatable bonds is 4. The molecule has 1 aliphatic rings. The second kappa shape index (κ2) is 5.27. The van der Waals surface area contributed by atoms with Crippen LogP contribution in [0.4, 0.5) is 5.82 Å². The zero-order chi connectivity index (χ0) is 16.0. The number of hydrogen-bond donors (Lipinski definition) is 0. The molecule has 1 aliphatic heterocycles. The molecule has 4 heterocycles. The molecule has 0 N–H and O–H groups in total. The number of aryl methyl sites for hydroxylation is 2. The van der Waals surface area contributed by atoms with Crippen molar-refractivity contribution in [1.82, 2.24) is 34.9 Å². The van der Waals surface area contributed by atoms with E-state index in [-0.39, 0.29) is 0 Å². The highest BCUT2D eigenvalue weighted by Gasteiger charge is 2.31. The van der Waals surface area contributed by atoms with Crippen LogP contribution >= 0.6 is 0 Å². The Kier molecular flexibility index (Phi) is 3.22. The summed E-state index contributed by atoms with van der Waals surface area (Å²) in [6.45, 7) is 6.24. The molecule has 9 nitrogen and oxygen atoms in total. The van der Waals surface area contributed by atoms with Crippen molar-refractivity contribution in [2.75, 3.05) is 25.0 Å². The zero-order valence-corrected chi connectivity index (χ0v) is 13.3. The van der Waals surface area contributed by atoms with Crippen molar-refractivity contribution in [2.24, 2.45) is 0 Å². The van der Waals surface area contributed by atoms with E-state index in [0.717, 1.165) is 36.2 Å². The van der Waals surface area contributed by atoms with Crippen molar-refractivity contribution in [3.63, 3.8) is 0 Å². The van der Waals surface area contributed by atoms with Gasteiger partial charge in [-0.15, -0.1) is 15.3 Å². The van der Waals surface area contributed by atoms with E-state index >= 15 is 0 Å². The van der Waals surface area contributed by atoms with Crippen molar-refractivity contribution < 1.29 is 4.52 Å². The van der Waals surface area contributed by atoms with Gasteiger partial charge in [0.25, 0.3) is 0 Å². The number of fused-ring (bicyclic) bond motifs is 1. The molecule has 0 saturated carbocycles. The summed E-state index contributed by atoms with van der Waals surface area (Å²) < 4.78 is 6.78. The van der Waals surface area contributed by atoms with E-state index in [2.05, 4.69) is 42.3 Å². The van der Waals surface area contributed by atoms with Crippen LogP contribution in [0, 0.1) is 13.8 Å². The molecule has 3 aromatic heterocycles. The van der Waals surface area contributed by atoms with Gasteiger partial charge < -0.3 is 9.42 Å². The zero-order valence-electron chi connectivity index (χ0n) is 13.3. The standard InChI is InChI=1S/C14H18N8O/c1-9-16-17-13-4-5-14(18-22(9)13)21-6-11(7-21)20(3)8-12-15-10(2)23-19-12/h4-5,11H,6-8H2,1-3H3. The van der Waals surface area contributed by atoms with E-state index < -0.39 is 0 Å². The largest absolute Gasteiger partial charge is 0.352 e. The van der Waals surface area contributed by atoms with Gasteiger partial charge in [-0.2, -0.15) is 9.50 Å². The smallest absolute Gasteiger partial charge is 0.223 e. The first-order valence-electron chi connectivity index (χ1n) is 7.53. The van der Waals surface area contributed by atoms with Crippen LogP contribution in [-0.4, -0.2) is 61.0 Å². The Balaban J connectivity index is 1.40. The van der Waals surface area contributed by atoms with Gasteiger partial charge in [-0.25, -0.2) is 0 Å². The quantitative estimate of drug-likeness (QED) is 0.685. The lowest BCUT2D eigenvalue weighted by molar-refractivity contribution is 0.190. The van der Waals surface area contributed by atoms with Gasteiger partial charge in [-0.05, 0) is 26.1 Å². The van der Waals surface area contributed by atoms with Gasteiger partial charge in [-0.1, -0.05) is 5.16 Å². The molecule has 1 saturated heterocycles. The minimum Gasteiger partial charge on any atom is -0.352 e. The Bertz CT molecular complexity index is 834. The van der Waals surface area contributed by atoms with Crippen LogP contribution in [-0.2, 0) is 6.54 Å². The maximum Gasteiger partial charge on any atom is 0.223 e. The second-order valence-electron chi connectivity index (χ2n) is 5.91. The van der Waals surface area contributed by atoms with Crippen molar-refractivity contribution in [2.45, 2.75) is 26.4 Å². The molecule has 0 spiro atoms. The second-order valence-corrected chi connectivity index (χ2v) is 5.91. The van der Waals surface area contributed by atoms with E-state index in [1.54, 1.807) is 11.4 Å². The Morgan fingerprint density at radius 2 is 2.09 bits per heavy atom. The molecule has 0 radical (unpaired) electrons. The summed E-state index contributed by atoms with van der Waals surface area (Å²) in [6.07, 6.45) is 0. The normalized spacial score (nSPS) is 15.6. The summed E-state index contributed by atoms with van der Waals surface area (Å²) in [6, 6.07) is 4.39. The molecule has 0 unspecified atom stereocenters. The third-order valence-electron chi connectivity index (χ3n) is 4.17. The monoisotopic (exact) mass is 314 g/mol. The first-order valence-corrected chi connectivity index (χ1v) is 7.53. The third kappa shape index (κ3) is 2.52. The Hall–Kier alpha value is -2.55. The summed E-state index contributed by atoms with van der Waals surface area (Å²) in [5.74, 6) is 3.07. The van der Waals surface area contributed by atoms with Crippen molar-refractivity contribution >= 4 is 11.5 Å². The van der Waals surface area contributed by atoms with Crippen LogP contribution in [0.15, 0.2) is 16.7 Å². The summed E-state index contributed by atoms with van der Waals surface area (Å²) in [7, 11) is 2.08. The average Bonchev–Trinajstić information content (AvgIpc) is 3.04. The fourth-order valence-electron chi connectivity index (χ4n) is 2.73. The molecule has 3 aromatic rings. The first kappa shape index (κ1) is 14.1. The van der Waals surface area contributed by atoms with Gasteiger partial charge in [0, 0.05) is 26.1 Å². The highest BCUT2D eigenvalue weighted by molar-refractivity contribution is 5.47. The molecule has 1 fully saturated rings. The number of nitrogens with zero attached hydrogens (tertiary/aromatic N) is 8. The fourth-order valence-corrected chi connectivity index (χ4v) is 2.73. The predicted octanol–water partition coefficient (Wildman–Crippen LogP) is 0.445. The molecule has 23 heavy (non-hydrogen) atoms. The first-order chi connectivity index (χ1) is 11.1. The van der Waals surface area contributed by atoms with Gasteiger partial charge in [0.2, 0.25) is 5.89 Å². The van der Waals surface area contributed by atoms with E-state index in [1.165, 1.54) is 0 Å². The lowest BCUT2D eigenvalue weighted by atomic mass is 10.1. The van der Waals surface area contributed by atoms with Gasteiger partial charge >= 0.3 is 0 Å². The molecule has 0 aromatic carbocycles. The summed E-state index contributed by atoms with van der Waals surface area (Å²) in [5.41, 5.74) is 0.771. The van der Waals surface area contributed by atoms with E-state index in [4.69, 9.17) is 4.52 Å². The predicted molar refractivity (Wildman–Crippen MR) is 82.0 cm³/mol. The molecule has 0 bridgehead atoms. The summed E-state index contributed by atoms with van der Waals surface area (Å²) in [5, 5.41) is 16.6. The fraction of sp³-hybridized carbons (Fsp3) is 0.500. The molecule has 120 valence electrons. The van der Waals surface area contributed by atoms with Gasteiger partial charge in [0.15, 0.2) is 17.3 Å². The molecular weight excluding hydrogens is 296 g/mol. The number of aromatic nitrogens is 6. The van der Waals surface area contributed by atoms with Crippen molar-refractivity contribution in [3.8, 4) is 0 Å². The van der Waals surface area contributed by atoms with Gasteiger partial charge in [0.05, 0.1) is 6.54 Å². The van der Waals surface area contributed by atoms with Crippen LogP contribution in [0.3, 0.4) is 0 Å². The van der Waals surface area contributed by atoms with E-state index in [0.29, 0.717) is 18.5 Å². The SMILES string of the molecule is Cc1nc(CN(C)C2CN(c3ccc4nnc(C)n4n3)C2)no1. The lowest BCUT2D eigenvalue weighted by Gasteiger charge is -2.44. The van der Waals surface area contributed by atoms with Crippen LogP contribution in [0.25, 0.3) is 5.65 Å². The van der Waals surface area contributed by atoms with Crippen LogP contribution in [0.1, 0.15) is 17.5 Å².